The van der Waals surface area contributed by atoms with Crippen LogP contribution in [0.5, 0.6) is 11.5 Å². The van der Waals surface area contributed by atoms with Crippen molar-refractivity contribution >= 4 is 0 Å². The maximum atomic E-state index is 5.81. The van der Waals surface area contributed by atoms with Gasteiger partial charge in [0, 0.05) is 6.54 Å². The van der Waals surface area contributed by atoms with E-state index in [-0.39, 0.29) is 0 Å². The molecule has 0 heterocycles. The van der Waals surface area contributed by atoms with E-state index in [4.69, 9.17) is 9.47 Å². The summed E-state index contributed by atoms with van der Waals surface area (Å²) in [7, 11) is 1.70. The summed E-state index contributed by atoms with van der Waals surface area (Å²) in [5.74, 6) is 2.61. The molecule has 1 aromatic rings. The predicted octanol–water partition coefficient (Wildman–Crippen LogP) is 3.37. The first kappa shape index (κ1) is 14.2. The van der Waals surface area contributed by atoms with Crippen LogP contribution in [0, 0.1) is 5.92 Å². The number of hydrogen-bond donors (Lipinski definition) is 1. The standard InChI is InChI=1S/C16H25NO2/c1-3-9-17-12-14-6-7-15(16(11-14)18-2)19-10-8-13-4-5-13/h6-7,11,13,17H,3-5,8-10,12H2,1-2H3. The lowest BCUT2D eigenvalue weighted by Crippen LogP contribution is -2.13. The SMILES string of the molecule is CCCNCc1ccc(OCCC2CC2)c(OC)c1. The Labute approximate surface area is 116 Å². The molecule has 0 amide bonds. The molecule has 0 unspecified atom stereocenters. The zero-order chi connectivity index (χ0) is 13.5. The van der Waals surface area contributed by atoms with Crippen molar-refractivity contribution in [3.05, 3.63) is 23.8 Å². The monoisotopic (exact) mass is 263 g/mol. The Hall–Kier alpha value is -1.22. The van der Waals surface area contributed by atoms with E-state index in [1.165, 1.54) is 24.8 Å². The number of hydrogen-bond acceptors (Lipinski definition) is 3. The molecule has 106 valence electrons. The van der Waals surface area contributed by atoms with Gasteiger partial charge < -0.3 is 14.8 Å². The molecule has 0 saturated heterocycles. The molecule has 2 rings (SSSR count). The first-order valence-corrected chi connectivity index (χ1v) is 7.34. The fraction of sp³-hybridized carbons (Fsp3) is 0.625. The average molecular weight is 263 g/mol. The number of ether oxygens (including phenoxy) is 2. The Balaban J connectivity index is 1.86. The molecule has 0 atom stereocenters. The van der Waals surface area contributed by atoms with Gasteiger partial charge in [0.05, 0.1) is 13.7 Å². The van der Waals surface area contributed by atoms with Crippen molar-refractivity contribution in [3.63, 3.8) is 0 Å². The molecule has 0 radical (unpaired) electrons. The maximum Gasteiger partial charge on any atom is 0.161 e. The van der Waals surface area contributed by atoms with Gasteiger partial charge in [-0.25, -0.2) is 0 Å². The quantitative estimate of drug-likeness (QED) is 0.693. The van der Waals surface area contributed by atoms with Crippen molar-refractivity contribution in [1.82, 2.24) is 5.32 Å². The lowest BCUT2D eigenvalue weighted by molar-refractivity contribution is 0.283. The van der Waals surface area contributed by atoms with Gasteiger partial charge >= 0.3 is 0 Å². The largest absolute Gasteiger partial charge is 0.493 e. The topological polar surface area (TPSA) is 30.5 Å². The molecule has 0 aliphatic heterocycles. The van der Waals surface area contributed by atoms with Crippen molar-refractivity contribution < 1.29 is 9.47 Å². The average Bonchev–Trinajstić information content (AvgIpc) is 3.24. The Kier molecular flexibility index (Phi) is 5.52. The van der Waals surface area contributed by atoms with Crippen molar-refractivity contribution in [2.45, 2.75) is 39.2 Å². The van der Waals surface area contributed by atoms with Crippen LogP contribution in [0.15, 0.2) is 18.2 Å². The lowest BCUT2D eigenvalue weighted by atomic mass is 10.2. The Morgan fingerprint density at radius 1 is 1.26 bits per heavy atom. The molecule has 0 aromatic heterocycles. The van der Waals surface area contributed by atoms with Gasteiger partial charge in [0.15, 0.2) is 11.5 Å². The highest BCUT2D eigenvalue weighted by molar-refractivity contribution is 5.42. The summed E-state index contributed by atoms with van der Waals surface area (Å²) in [4.78, 5) is 0. The second-order valence-electron chi connectivity index (χ2n) is 5.24. The van der Waals surface area contributed by atoms with Crippen LogP contribution in [0.2, 0.25) is 0 Å². The first-order valence-electron chi connectivity index (χ1n) is 7.34. The molecule has 19 heavy (non-hydrogen) atoms. The van der Waals surface area contributed by atoms with Gasteiger partial charge in [-0.05, 0) is 43.0 Å². The minimum atomic E-state index is 0.800. The van der Waals surface area contributed by atoms with E-state index in [1.807, 2.05) is 6.07 Å². The Morgan fingerprint density at radius 3 is 2.79 bits per heavy atom. The van der Waals surface area contributed by atoms with Crippen LogP contribution in [0.3, 0.4) is 0 Å². The first-order chi connectivity index (χ1) is 9.33. The van der Waals surface area contributed by atoms with E-state index < -0.39 is 0 Å². The van der Waals surface area contributed by atoms with Crippen LogP contribution in [0.1, 0.15) is 38.2 Å². The zero-order valence-electron chi connectivity index (χ0n) is 12.1. The normalized spacial score (nSPS) is 14.4. The third-order valence-electron chi connectivity index (χ3n) is 3.46. The van der Waals surface area contributed by atoms with E-state index in [9.17, 15) is 0 Å². The summed E-state index contributed by atoms with van der Waals surface area (Å²) in [5.41, 5.74) is 1.24. The molecule has 1 saturated carbocycles. The van der Waals surface area contributed by atoms with E-state index >= 15 is 0 Å². The van der Waals surface area contributed by atoms with Gasteiger partial charge in [-0.15, -0.1) is 0 Å². The number of methoxy groups -OCH3 is 1. The molecule has 3 heteroatoms. The van der Waals surface area contributed by atoms with E-state index in [0.29, 0.717) is 0 Å². The van der Waals surface area contributed by atoms with Crippen molar-refractivity contribution in [2.24, 2.45) is 5.92 Å². The van der Waals surface area contributed by atoms with Crippen molar-refractivity contribution in [1.29, 1.82) is 0 Å². The van der Waals surface area contributed by atoms with Crippen LogP contribution < -0.4 is 14.8 Å². The summed E-state index contributed by atoms with van der Waals surface area (Å²) >= 11 is 0. The third kappa shape index (κ3) is 4.75. The maximum absolute atomic E-state index is 5.81. The van der Waals surface area contributed by atoms with Gasteiger partial charge in [-0.1, -0.05) is 25.8 Å². The number of nitrogens with one attached hydrogen (secondary N) is 1. The van der Waals surface area contributed by atoms with Gasteiger partial charge in [0.25, 0.3) is 0 Å². The highest BCUT2D eigenvalue weighted by atomic mass is 16.5. The molecule has 1 aliphatic carbocycles. The van der Waals surface area contributed by atoms with Gasteiger partial charge in [-0.3, -0.25) is 0 Å². The molecule has 1 N–H and O–H groups in total. The van der Waals surface area contributed by atoms with Crippen LogP contribution in [-0.4, -0.2) is 20.3 Å². The van der Waals surface area contributed by atoms with Crippen LogP contribution in [0.25, 0.3) is 0 Å². The molecular formula is C16H25NO2. The molecule has 3 nitrogen and oxygen atoms in total. The van der Waals surface area contributed by atoms with Crippen LogP contribution in [0.4, 0.5) is 0 Å². The summed E-state index contributed by atoms with van der Waals surface area (Å²) in [6, 6.07) is 6.20. The summed E-state index contributed by atoms with van der Waals surface area (Å²) < 4.78 is 11.2. The second kappa shape index (κ2) is 7.39. The lowest BCUT2D eigenvalue weighted by Gasteiger charge is -2.12. The van der Waals surface area contributed by atoms with Crippen LogP contribution in [-0.2, 0) is 6.54 Å². The van der Waals surface area contributed by atoms with Crippen LogP contribution >= 0.6 is 0 Å². The number of rotatable bonds is 9. The number of benzene rings is 1. The van der Waals surface area contributed by atoms with Crippen molar-refractivity contribution in [2.75, 3.05) is 20.3 Å². The molecule has 1 aromatic carbocycles. The fourth-order valence-corrected chi connectivity index (χ4v) is 2.09. The van der Waals surface area contributed by atoms with Gasteiger partial charge in [-0.2, -0.15) is 0 Å². The Bertz CT molecular complexity index is 388. The Morgan fingerprint density at radius 2 is 2.11 bits per heavy atom. The second-order valence-corrected chi connectivity index (χ2v) is 5.24. The third-order valence-corrected chi connectivity index (χ3v) is 3.46. The minimum absolute atomic E-state index is 0.800. The zero-order valence-corrected chi connectivity index (χ0v) is 12.1. The smallest absolute Gasteiger partial charge is 0.161 e. The van der Waals surface area contributed by atoms with Gasteiger partial charge in [0.1, 0.15) is 0 Å². The molecule has 1 aliphatic rings. The van der Waals surface area contributed by atoms with E-state index in [2.05, 4.69) is 24.4 Å². The van der Waals surface area contributed by atoms with E-state index in [1.54, 1.807) is 7.11 Å². The summed E-state index contributed by atoms with van der Waals surface area (Å²) in [5, 5.41) is 3.39. The van der Waals surface area contributed by atoms with E-state index in [0.717, 1.165) is 43.5 Å². The minimum Gasteiger partial charge on any atom is -0.493 e. The molecule has 1 fully saturated rings. The molecular weight excluding hydrogens is 238 g/mol. The predicted molar refractivity (Wildman–Crippen MR) is 77.8 cm³/mol. The fourth-order valence-electron chi connectivity index (χ4n) is 2.09. The summed E-state index contributed by atoms with van der Waals surface area (Å²) in [6.07, 6.45) is 5.08. The summed E-state index contributed by atoms with van der Waals surface area (Å²) in [6.45, 7) is 4.90. The van der Waals surface area contributed by atoms with Crippen molar-refractivity contribution in [3.8, 4) is 11.5 Å². The molecule has 0 spiro atoms. The van der Waals surface area contributed by atoms with Gasteiger partial charge in [0.2, 0.25) is 0 Å². The molecule has 0 bridgehead atoms. The highest BCUT2D eigenvalue weighted by Gasteiger charge is 2.20. The highest BCUT2D eigenvalue weighted by Crippen LogP contribution is 2.33.